The molecular weight excluding hydrogens is 201 g/mol. The summed E-state index contributed by atoms with van der Waals surface area (Å²) >= 11 is 0. The average molecular weight is 211 g/mol. The lowest BCUT2D eigenvalue weighted by atomic mass is 10.3. The van der Waals surface area contributed by atoms with Crippen molar-refractivity contribution in [3.8, 4) is 5.75 Å². The van der Waals surface area contributed by atoms with Gasteiger partial charge in [-0.1, -0.05) is 0 Å². The van der Waals surface area contributed by atoms with Crippen LogP contribution in [0.5, 0.6) is 5.75 Å². The van der Waals surface area contributed by atoms with E-state index in [-0.39, 0.29) is 11.4 Å². The van der Waals surface area contributed by atoms with Crippen molar-refractivity contribution < 1.29 is 14.1 Å². The van der Waals surface area contributed by atoms with E-state index in [2.05, 4.69) is 0 Å². The van der Waals surface area contributed by atoms with Gasteiger partial charge in [-0.2, -0.15) is 0 Å². The number of benzene rings is 1. The third-order valence-corrected chi connectivity index (χ3v) is 2.29. The molecule has 15 heavy (non-hydrogen) atoms. The molecule has 0 N–H and O–H groups in total. The summed E-state index contributed by atoms with van der Waals surface area (Å²) in [6.45, 7) is 0.479. The van der Waals surface area contributed by atoms with Crippen LogP contribution < -0.4 is 4.74 Å². The molecule has 0 spiro atoms. The van der Waals surface area contributed by atoms with Crippen LogP contribution in [0.1, 0.15) is 12.8 Å². The van der Waals surface area contributed by atoms with E-state index in [1.54, 1.807) is 0 Å². The highest BCUT2D eigenvalue weighted by Crippen LogP contribution is 2.32. The van der Waals surface area contributed by atoms with E-state index in [0.29, 0.717) is 12.5 Å². The van der Waals surface area contributed by atoms with Gasteiger partial charge in [-0.05, 0) is 30.9 Å². The van der Waals surface area contributed by atoms with Crippen LogP contribution >= 0.6 is 0 Å². The molecule has 1 aromatic rings. The lowest BCUT2D eigenvalue weighted by Gasteiger charge is -2.05. The highest BCUT2D eigenvalue weighted by atomic mass is 19.1. The summed E-state index contributed by atoms with van der Waals surface area (Å²) in [5.74, 6) is 0.0310. The summed E-state index contributed by atoms with van der Waals surface area (Å²) in [7, 11) is 0. The maximum absolute atomic E-state index is 12.8. The van der Waals surface area contributed by atoms with Crippen LogP contribution in [0.15, 0.2) is 18.2 Å². The molecular formula is C10H10FNO3. The summed E-state index contributed by atoms with van der Waals surface area (Å²) < 4.78 is 18.0. The second kappa shape index (κ2) is 3.84. The number of hydrogen-bond donors (Lipinski definition) is 0. The van der Waals surface area contributed by atoms with Gasteiger partial charge in [-0.15, -0.1) is 0 Å². The van der Waals surface area contributed by atoms with Crippen LogP contribution in [-0.4, -0.2) is 11.5 Å². The van der Waals surface area contributed by atoms with Crippen molar-refractivity contribution in [3.05, 3.63) is 34.1 Å². The first kappa shape index (κ1) is 9.89. The topological polar surface area (TPSA) is 52.4 Å². The van der Waals surface area contributed by atoms with E-state index in [0.717, 1.165) is 25.0 Å². The molecule has 1 aromatic carbocycles. The molecule has 0 heterocycles. The van der Waals surface area contributed by atoms with Gasteiger partial charge < -0.3 is 4.74 Å². The van der Waals surface area contributed by atoms with Crippen molar-refractivity contribution in [1.29, 1.82) is 0 Å². The largest absolute Gasteiger partial charge is 0.487 e. The molecule has 0 amide bonds. The maximum Gasteiger partial charge on any atom is 0.313 e. The fourth-order valence-electron chi connectivity index (χ4n) is 1.25. The van der Waals surface area contributed by atoms with Gasteiger partial charge in [-0.3, -0.25) is 10.1 Å². The Balaban J connectivity index is 2.15. The Hall–Kier alpha value is -1.65. The fraction of sp³-hybridized carbons (Fsp3) is 0.400. The van der Waals surface area contributed by atoms with Gasteiger partial charge in [0.25, 0.3) is 0 Å². The summed E-state index contributed by atoms with van der Waals surface area (Å²) in [4.78, 5) is 9.96. The molecule has 0 bridgehead atoms. The third-order valence-electron chi connectivity index (χ3n) is 2.29. The number of nitrogens with zero attached hydrogens (tertiary/aromatic N) is 1. The smallest absolute Gasteiger partial charge is 0.313 e. The molecule has 0 aliphatic heterocycles. The Morgan fingerprint density at radius 2 is 2.27 bits per heavy atom. The van der Waals surface area contributed by atoms with Gasteiger partial charge >= 0.3 is 5.69 Å². The van der Waals surface area contributed by atoms with Crippen LogP contribution in [0.25, 0.3) is 0 Å². The van der Waals surface area contributed by atoms with E-state index in [1.807, 2.05) is 0 Å². The monoisotopic (exact) mass is 211 g/mol. The summed E-state index contributed by atoms with van der Waals surface area (Å²) in [6, 6.07) is 3.34. The Morgan fingerprint density at radius 3 is 2.87 bits per heavy atom. The van der Waals surface area contributed by atoms with Crippen molar-refractivity contribution in [1.82, 2.24) is 0 Å². The van der Waals surface area contributed by atoms with Crippen molar-refractivity contribution in [3.63, 3.8) is 0 Å². The van der Waals surface area contributed by atoms with Crippen molar-refractivity contribution in [2.75, 3.05) is 6.61 Å². The number of rotatable bonds is 4. The normalized spacial score (nSPS) is 15.0. The Labute approximate surface area is 85.8 Å². The van der Waals surface area contributed by atoms with Gasteiger partial charge in [0.05, 0.1) is 17.6 Å². The average Bonchev–Trinajstić information content (AvgIpc) is 2.99. The molecule has 1 saturated carbocycles. The van der Waals surface area contributed by atoms with Gasteiger partial charge in [0.1, 0.15) is 5.82 Å². The molecule has 80 valence electrons. The van der Waals surface area contributed by atoms with E-state index in [4.69, 9.17) is 4.74 Å². The standard InChI is InChI=1S/C10H10FNO3/c11-8-3-4-10(9(5-8)12(13)14)15-6-7-1-2-7/h3-5,7H,1-2,6H2. The number of ether oxygens (including phenoxy) is 1. The summed E-state index contributed by atoms with van der Waals surface area (Å²) in [5.41, 5.74) is -0.310. The molecule has 1 fully saturated rings. The predicted octanol–water partition coefficient (Wildman–Crippen LogP) is 2.52. The number of halogens is 1. The Bertz CT molecular complexity index is 390. The van der Waals surface area contributed by atoms with Crippen LogP contribution in [0.4, 0.5) is 10.1 Å². The number of hydrogen-bond acceptors (Lipinski definition) is 3. The van der Waals surface area contributed by atoms with Gasteiger partial charge in [0, 0.05) is 0 Å². The van der Waals surface area contributed by atoms with Gasteiger partial charge in [-0.25, -0.2) is 4.39 Å². The van der Waals surface area contributed by atoms with Gasteiger partial charge in [0.2, 0.25) is 0 Å². The van der Waals surface area contributed by atoms with Crippen molar-refractivity contribution in [2.45, 2.75) is 12.8 Å². The zero-order valence-electron chi connectivity index (χ0n) is 7.98. The SMILES string of the molecule is O=[N+]([O-])c1cc(F)ccc1OCC1CC1. The van der Waals surface area contributed by atoms with E-state index in [1.165, 1.54) is 6.07 Å². The van der Waals surface area contributed by atoms with Crippen LogP contribution in [0, 0.1) is 21.8 Å². The molecule has 0 aromatic heterocycles. The Morgan fingerprint density at radius 1 is 1.53 bits per heavy atom. The molecule has 4 nitrogen and oxygen atoms in total. The number of nitro groups is 1. The minimum atomic E-state index is -0.634. The number of nitro benzene ring substituents is 1. The molecule has 5 heteroatoms. The zero-order chi connectivity index (χ0) is 10.8. The Kier molecular flexibility index (Phi) is 2.53. The third kappa shape index (κ3) is 2.43. The summed E-state index contributed by atoms with van der Waals surface area (Å²) in [6.07, 6.45) is 2.21. The molecule has 0 atom stereocenters. The first-order valence-corrected chi connectivity index (χ1v) is 4.73. The molecule has 0 saturated heterocycles. The summed E-state index contributed by atoms with van der Waals surface area (Å²) in [5, 5.41) is 10.6. The van der Waals surface area contributed by atoms with Crippen molar-refractivity contribution in [2.24, 2.45) is 5.92 Å². The predicted molar refractivity (Wildman–Crippen MR) is 51.3 cm³/mol. The minimum absolute atomic E-state index is 0.147. The van der Waals surface area contributed by atoms with E-state index >= 15 is 0 Å². The minimum Gasteiger partial charge on any atom is -0.487 e. The highest BCUT2D eigenvalue weighted by Gasteiger charge is 2.24. The molecule has 2 rings (SSSR count). The second-order valence-electron chi connectivity index (χ2n) is 3.62. The second-order valence-corrected chi connectivity index (χ2v) is 3.62. The first-order chi connectivity index (χ1) is 7.16. The maximum atomic E-state index is 12.8. The quantitative estimate of drug-likeness (QED) is 0.568. The fourth-order valence-corrected chi connectivity index (χ4v) is 1.25. The first-order valence-electron chi connectivity index (χ1n) is 4.73. The van der Waals surface area contributed by atoms with Gasteiger partial charge in [0.15, 0.2) is 5.75 Å². The van der Waals surface area contributed by atoms with E-state index < -0.39 is 10.7 Å². The van der Waals surface area contributed by atoms with Crippen molar-refractivity contribution >= 4 is 5.69 Å². The molecule has 1 aliphatic carbocycles. The lowest BCUT2D eigenvalue weighted by molar-refractivity contribution is -0.386. The molecule has 0 radical (unpaired) electrons. The molecule has 1 aliphatic rings. The van der Waals surface area contributed by atoms with Crippen LogP contribution in [0.3, 0.4) is 0 Å². The highest BCUT2D eigenvalue weighted by molar-refractivity contribution is 5.46. The zero-order valence-corrected chi connectivity index (χ0v) is 7.98. The lowest BCUT2D eigenvalue weighted by Crippen LogP contribution is -2.02. The van der Waals surface area contributed by atoms with Crippen LogP contribution in [-0.2, 0) is 0 Å². The van der Waals surface area contributed by atoms with Crippen LogP contribution in [0.2, 0.25) is 0 Å². The molecule has 0 unspecified atom stereocenters. The van der Waals surface area contributed by atoms with E-state index in [9.17, 15) is 14.5 Å².